The minimum atomic E-state index is 0.0556. The van der Waals surface area contributed by atoms with Gasteiger partial charge in [0.2, 0.25) is 0 Å². The summed E-state index contributed by atoms with van der Waals surface area (Å²) in [5.41, 5.74) is 4.67. The highest BCUT2D eigenvalue weighted by Gasteiger charge is 2.23. The number of hydrogen-bond acceptors (Lipinski definition) is 3. The first-order valence-corrected chi connectivity index (χ1v) is 9.43. The summed E-state index contributed by atoms with van der Waals surface area (Å²) in [5, 5.41) is 0. The molecular weight excluding hydrogens is 304 g/mol. The standard InChI is InChI=1S/C19H26N2OS/c1-4-15-7-5-6-10-21(15)12-17-18(20-19(22)23-17)16-9-8-13(2)11-14(16)3/h8-9,11,15H,4-7,10,12H2,1-3H3,(H,20,22). The minimum Gasteiger partial charge on any atom is -0.312 e. The molecular formula is C19H26N2OS. The molecule has 0 aliphatic carbocycles. The van der Waals surface area contributed by atoms with E-state index in [4.69, 9.17) is 0 Å². The van der Waals surface area contributed by atoms with Crippen LogP contribution >= 0.6 is 11.3 Å². The Hall–Kier alpha value is -1.39. The van der Waals surface area contributed by atoms with Crippen LogP contribution in [-0.2, 0) is 6.54 Å². The molecule has 0 spiro atoms. The van der Waals surface area contributed by atoms with E-state index in [-0.39, 0.29) is 4.87 Å². The lowest BCUT2D eigenvalue weighted by Gasteiger charge is -2.35. The van der Waals surface area contributed by atoms with Gasteiger partial charge in [0.15, 0.2) is 0 Å². The number of nitrogens with zero attached hydrogens (tertiary/aromatic N) is 1. The maximum Gasteiger partial charge on any atom is 0.305 e. The van der Waals surface area contributed by atoms with Gasteiger partial charge in [0.25, 0.3) is 0 Å². The molecule has 2 aromatic rings. The first-order valence-electron chi connectivity index (χ1n) is 8.62. The number of aromatic nitrogens is 1. The fourth-order valence-corrected chi connectivity index (χ4v) is 4.57. The van der Waals surface area contributed by atoms with E-state index in [0.717, 1.165) is 24.3 Å². The first kappa shape index (κ1) is 16.5. The van der Waals surface area contributed by atoms with E-state index in [2.05, 4.69) is 48.9 Å². The number of nitrogens with one attached hydrogen (secondary N) is 1. The number of aryl methyl sites for hydroxylation is 2. The van der Waals surface area contributed by atoms with Gasteiger partial charge in [-0.1, -0.05) is 48.4 Å². The van der Waals surface area contributed by atoms with Crippen LogP contribution in [0.5, 0.6) is 0 Å². The van der Waals surface area contributed by atoms with E-state index in [1.807, 2.05) is 0 Å². The van der Waals surface area contributed by atoms with Gasteiger partial charge in [0.05, 0.1) is 5.69 Å². The number of hydrogen-bond donors (Lipinski definition) is 1. The number of piperidine rings is 1. The Morgan fingerprint density at radius 3 is 2.87 bits per heavy atom. The van der Waals surface area contributed by atoms with E-state index < -0.39 is 0 Å². The molecule has 2 heterocycles. The Balaban J connectivity index is 1.93. The summed E-state index contributed by atoms with van der Waals surface area (Å²) >= 11 is 1.38. The van der Waals surface area contributed by atoms with Crippen molar-refractivity contribution in [2.24, 2.45) is 0 Å². The Kier molecular flexibility index (Phi) is 5.02. The Morgan fingerprint density at radius 2 is 2.13 bits per heavy atom. The smallest absolute Gasteiger partial charge is 0.305 e. The maximum atomic E-state index is 12.0. The summed E-state index contributed by atoms with van der Waals surface area (Å²) in [4.78, 5) is 18.9. The molecule has 1 aromatic heterocycles. The Bertz CT molecular complexity index is 731. The Labute approximate surface area is 142 Å². The van der Waals surface area contributed by atoms with Gasteiger partial charge in [0, 0.05) is 23.0 Å². The minimum absolute atomic E-state index is 0.0556. The van der Waals surface area contributed by atoms with E-state index in [1.54, 1.807) is 0 Å². The summed E-state index contributed by atoms with van der Waals surface area (Å²) in [6, 6.07) is 7.11. The summed E-state index contributed by atoms with van der Waals surface area (Å²) in [6.45, 7) is 8.54. The first-order chi connectivity index (χ1) is 11.1. The summed E-state index contributed by atoms with van der Waals surface area (Å²) in [6.07, 6.45) is 5.09. The molecule has 4 heteroatoms. The third kappa shape index (κ3) is 3.59. The van der Waals surface area contributed by atoms with Crippen LogP contribution < -0.4 is 4.87 Å². The predicted octanol–water partition coefficient (Wildman–Crippen LogP) is 4.48. The molecule has 3 rings (SSSR count). The highest BCUT2D eigenvalue weighted by Crippen LogP contribution is 2.30. The van der Waals surface area contributed by atoms with Gasteiger partial charge < -0.3 is 4.98 Å². The van der Waals surface area contributed by atoms with Crippen molar-refractivity contribution in [3.8, 4) is 11.3 Å². The van der Waals surface area contributed by atoms with Crippen molar-refractivity contribution in [2.75, 3.05) is 6.54 Å². The van der Waals surface area contributed by atoms with Gasteiger partial charge in [-0.25, -0.2) is 0 Å². The van der Waals surface area contributed by atoms with Gasteiger partial charge in [-0.15, -0.1) is 0 Å². The summed E-state index contributed by atoms with van der Waals surface area (Å²) in [5.74, 6) is 0. The van der Waals surface area contributed by atoms with Crippen LogP contribution in [0.3, 0.4) is 0 Å². The monoisotopic (exact) mass is 330 g/mol. The average Bonchev–Trinajstić information content (AvgIpc) is 2.88. The summed E-state index contributed by atoms with van der Waals surface area (Å²) in [7, 11) is 0. The van der Waals surface area contributed by atoms with Crippen LogP contribution in [0.2, 0.25) is 0 Å². The normalized spacial score (nSPS) is 19.2. The lowest BCUT2D eigenvalue weighted by Crippen LogP contribution is -2.38. The molecule has 1 fully saturated rings. The zero-order valence-electron chi connectivity index (χ0n) is 14.3. The van der Waals surface area contributed by atoms with Gasteiger partial charge in [-0.3, -0.25) is 9.69 Å². The van der Waals surface area contributed by atoms with Gasteiger partial charge >= 0.3 is 4.87 Å². The van der Waals surface area contributed by atoms with Crippen LogP contribution in [0.25, 0.3) is 11.3 Å². The van der Waals surface area contributed by atoms with Gasteiger partial charge in [-0.2, -0.15) is 0 Å². The molecule has 0 bridgehead atoms. The lowest BCUT2D eigenvalue weighted by molar-refractivity contribution is 0.137. The number of thiazole rings is 1. The quantitative estimate of drug-likeness (QED) is 0.897. The molecule has 0 radical (unpaired) electrons. The zero-order chi connectivity index (χ0) is 16.4. The molecule has 1 saturated heterocycles. The number of aromatic amines is 1. The van der Waals surface area contributed by atoms with Crippen molar-refractivity contribution >= 4 is 11.3 Å². The lowest BCUT2D eigenvalue weighted by atomic mass is 9.99. The topological polar surface area (TPSA) is 36.1 Å². The second-order valence-corrected chi connectivity index (χ2v) is 7.73. The van der Waals surface area contributed by atoms with Crippen LogP contribution in [0.15, 0.2) is 23.0 Å². The van der Waals surface area contributed by atoms with E-state index >= 15 is 0 Å². The molecule has 0 amide bonds. The number of rotatable bonds is 4. The van der Waals surface area contributed by atoms with Gasteiger partial charge in [0.1, 0.15) is 0 Å². The summed E-state index contributed by atoms with van der Waals surface area (Å²) < 4.78 is 0. The molecule has 0 saturated carbocycles. The van der Waals surface area contributed by atoms with Crippen molar-refractivity contribution in [1.82, 2.24) is 9.88 Å². The van der Waals surface area contributed by atoms with Crippen molar-refractivity contribution in [1.29, 1.82) is 0 Å². The van der Waals surface area contributed by atoms with Crippen LogP contribution in [0.4, 0.5) is 0 Å². The van der Waals surface area contributed by atoms with Crippen LogP contribution in [-0.4, -0.2) is 22.5 Å². The molecule has 1 aliphatic rings. The molecule has 1 unspecified atom stereocenters. The second kappa shape index (κ2) is 7.02. The number of H-pyrrole nitrogens is 1. The fourth-order valence-electron chi connectivity index (χ4n) is 3.70. The largest absolute Gasteiger partial charge is 0.312 e. The van der Waals surface area contributed by atoms with Crippen molar-refractivity contribution < 1.29 is 0 Å². The maximum absolute atomic E-state index is 12.0. The SMILES string of the molecule is CCC1CCCCN1Cc1sc(=O)[nH]c1-c1ccc(C)cc1C. The molecule has 1 aliphatic heterocycles. The van der Waals surface area contributed by atoms with Crippen molar-refractivity contribution in [3.05, 3.63) is 43.9 Å². The number of benzene rings is 1. The number of likely N-dealkylation sites (tertiary alicyclic amines) is 1. The molecule has 23 heavy (non-hydrogen) atoms. The third-order valence-electron chi connectivity index (χ3n) is 4.94. The fraction of sp³-hybridized carbons (Fsp3) is 0.526. The van der Waals surface area contributed by atoms with E-state index in [9.17, 15) is 4.79 Å². The average molecular weight is 330 g/mol. The highest BCUT2D eigenvalue weighted by atomic mass is 32.1. The van der Waals surface area contributed by atoms with Crippen LogP contribution in [0.1, 0.15) is 48.6 Å². The van der Waals surface area contributed by atoms with Crippen molar-refractivity contribution in [2.45, 2.75) is 59.0 Å². The molecule has 3 nitrogen and oxygen atoms in total. The molecule has 1 aromatic carbocycles. The molecule has 1 N–H and O–H groups in total. The van der Waals surface area contributed by atoms with E-state index in [1.165, 1.54) is 53.0 Å². The predicted molar refractivity (Wildman–Crippen MR) is 98.2 cm³/mol. The molecule has 1 atom stereocenters. The molecule has 124 valence electrons. The highest BCUT2D eigenvalue weighted by molar-refractivity contribution is 7.09. The third-order valence-corrected chi connectivity index (χ3v) is 5.81. The van der Waals surface area contributed by atoms with Crippen molar-refractivity contribution in [3.63, 3.8) is 0 Å². The van der Waals surface area contributed by atoms with Crippen LogP contribution in [0, 0.1) is 13.8 Å². The van der Waals surface area contributed by atoms with E-state index in [0.29, 0.717) is 6.04 Å². The second-order valence-electron chi connectivity index (χ2n) is 6.66. The van der Waals surface area contributed by atoms with Gasteiger partial charge in [-0.05, 0) is 45.2 Å². The Morgan fingerprint density at radius 1 is 1.30 bits per heavy atom. The zero-order valence-corrected chi connectivity index (χ0v) is 15.1.